The lowest BCUT2D eigenvalue weighted by Crippen LogP contribution is -2.07. The molecule has 0 saturated heterocycles. The van der Waals surface area contributed by atoms with E-state index in [0.29, 0.717) is 5.25 Å². The minimum Gasteiger partial charge on any atom is -0.481 e. The van der Waals surface area contributed by atoms with E-state index in [4.69, 9.17) is 5.11 Å². The zero-order valence-corrected chi connectivity index (χ0v) is 14.1. The first-order valence-electron chi connectivity index (χ1n) is 6.85. The summed E-state index contributed by atoms with van der Waals surface area (Å²) in [4.78, 5) is 15.4. The van der Waals surface area contributed by atoms with Gasteiger partial charge < -0.3 is 9.67 Å². The lowest BCUT2D eigenvalue weighted by Gasteiger charge is -2.11. The van der Waals surface area contributed by atoms with Gasteiger partial charge in [0.15, 0.2) is 5.16 Å². The summed E-state index contributed by atoms with van der Waals surface area (Å²) in [7, 11) is 0. The fourth-order valence-electron chi connectivity index (χ4n) is 2.10. The maximum atomic E-state index is 10.8. The Morgan fingerprint density at radius 1 is 1.48 bits per heavy atom. The van der Waals surface area contributed by atoms with E-state index in [1.807, 2.05) is 18.7 Å². The van der Waals surface area contributed by atoms with Gasteiger partial charge in [0.05, 0.1) is 16.8 Å². The second-order valence-corrected chi connectivity index (χ2v) is 7.27. The van der Waals surface area contributed by atoms with Crippen molar-refractivity contribution in [3.63, 3.8) is 0 Å². The third-order valence-corrected chi connectivity index (χ3v) is 5.36. The van der Waals surface area contributed by atoms with Crippen LogP contribution < -0.4 is 0 Å². The summed E-state index contributed by atoms with van der Waals surface area (Å²) < 4.78 is 2.15. The first-order chi connectivity index (χ1) is 10.0. The predicted molar refractivity (Wildman–Crippen MR) is 90.4 cm³/mol. The Hall–Kier alpha value is -1.14. The van der Waals surface area contributed by atoms with E-state index in [-0.39, 0.29) is 5.75 Å². The average Bonchev–Trinajstić information content (AvgIpc) is 2.79. The molecule has 2 rings (SSSR count). The Balaban J connectivity index is 2.32. The summed E-state index contributed by atoms with van der Waals surface area (Å²) in [5.41, 5.74) is 3.20. The second kappa shape index (κ2) is 7.22. The molecule has 0 aliphatic heterocycles. The third kappa shape index (κ3) is 4.17. The molecule has 1 heterocycles. The molecule has 1 atom stereocenters. The van der Waals surface area contributed by atoms with Gasteiger partial charge in [-0.2, -0.15) is 11.8 Å². The van der Waals surface area contributed by atoms with Crippen LogP contribution in [0.4, 0.5) is 0 Å². The molecule has 1 aromatic heterocycles. The van der Waals surface area contributed by atoms with Crippen molar-refractivity contribution in [2.75, 3.05) is 12.0 Å². The number of benzene rings is 1. The number of carbonyl (C=O) groups is 1. The maximum Gasteiger partial charge on any atom is 0.313 e. The Labute approximate surface area is 133 Å². The van der Waals surface area contributed by atoms with Crippen LogP contribution in [0.25, 0.3) is 11.0 Å². The van der Waals surface area contributed by atoms with E-state index in [0.717, 1.165) is 29.2 Å². The van der Waals surface area contributed by atoms with Crippen LogP contribution in [0.15, 0.2) is 23.4 Å². The molecular formula is C15H20N2O2S2. The molecule has 0 bridgehead atoms. The van der Waals surface area contributed by atoms with Crippen molar-refractivity contribution in [3.05, 3.63) is 23.8 Å². The van der Waals surface area contributed by atoms with Crippen molar-refractivity contribution < 1.29 is 9.90 Å². The van der Waals surface area contributed by atoms with Gasteiger partial charge in [-0.25, -0.2) is 4.98 Å². The van der Waals surface area contributed by atoms with Gasteiger partial charge in [0.25, 0.3) is 0 Å². The molecule has 114 valence electrons. The van der Waals surface area contributed by atoms with Crippen molar-refractivity contribution in [1.82, 2.24) is 9.55 Å². The van der Waals surface area contributed by atoms with Crippen LogP contribution in [0, 0.1) is 6.92 Å². The first-order valence-corrected chi connectivity index (χ1v) is 9.13. The third-order valence-electron chi connectivity index (χ3n) is 3.36. The lowest BCUT2D eigenvalue weighted by molar-refractivity contribution is -0.133. The minimum atomic E-state index is -0.813. The standard InChI is InChI=1S/C15H20N2O2S2/c1-10-4-5-13-12(8-10)16-15(21-9-14(18)19)17(13)7-6-11(2)20-3/h4-5,8,11H,6-7,9H2,1-3H3,(H,18,19). The predicted octanol–water partition coefficient (Wildman–Crippen LogP) is 3.66. The molecule has 0 saturated carbocycles. The zero-order valence-electron chi connectivity index (χ0n) is 12.5. The summed E-state index contributed by atoms with van der Waals surface area (Å²) >= 11 is 3.14. The number of carboxylic acid groups (broad SMARTS) is 1. The molecular weight excluding hydrogens is 304 g/mol. The van der Waals surface area contributed by atoms with Crippen molar-refractivity contribution in [1.29, 1.82) is 0 Å². The van der Waals surface area contributed by atoms with Gasteiger partial charge in [-0.05, 0) is 37.3 Å². The highest BCUT2D eigenvalue weighted by Gasteiger charge is 2.13. The van der Waals surface area contributed by atoms with Gasteiger partial charge >= 0.3 is 5.97 Å². The van der Waals surface area contributed by atoms with E-state index >= 15 is 0 Å². The largest absolute Gasteiger partial charge is 0.481 e. The van der Waals surface area contributed by atoms with Crippen molar-refractivity contribution in [2.24, 2.45) is 0 Å². The number of nitrogens with zero attached hydrogens (tertiary/aromatic N) is 2. The molecule has 0 fully saturated rings. The summed E-state index contributed by atoms with van der Waals surface area (Å²) in [6.07, 6.45) is 3.15. The quantitative estimate of drug-likeness (QED) is 0.788. The van der Waals surface area contributed by atoms with Crippen LogP contribution in [0.2, 0.25) is 0 Å². The van der Waals surface area contributed by atoms with Crippen LogP contribution in [0.5, 0.6) is 0 Å². The van der Waals surface area contributed by atoms with E-state index in [1.54, 1.807) is 0 Å². The smallest absolute Gasteiger partial charge is 0.313 e. The number of hydrogen-bond donors (Lipinski definition) is 1. The topological polar surface area (TPSA) is 55.1 Å². The molecule has 0 aliphatic carbocycles. The monoisotopic (exact) mass is 324 g/mol. The van der Waals surface area contributed by atoms with Crippen LogP contribution in [0.1, 0.15) is 18.9 Å². The normalized spacial score (nSPS) is 12.7. The lowest BCUT2D eigenvalue weighted by atomic mass is 10.2. The second-order valence-electron chi connectivity index (χ2n) is 5.06. The number of fused-ring (bicyclic) bond motifs is 1. The summed E-state index contributed by atoms with van der Waals surface area (Å²) in [5.74, 6) is -0.771. The highest BCUT2D eigenvalue weighted by Crippen LogP contribution is 2.26. The van der Waals surface area contributed by atoms with Crippen molar-refractivity contribution >= 4 is 40.5 Å². The van der Waals surface area contributed by atoms with Gasteiger partial charge in [0.1, 0.15) is 0 Å². The molecule has 0 spiro atoms. The van der Waals surface area contributed by atoms with E-state index < -0.39 is 5.97 Å². The Morgan fingerprint density at radius 2 is 2.24 bits per heavy atom. The van der Waals surface area contributed by atoms with Crippen LogP contribution >= 0.6 is 23.5 Å². The van der Waals surface area contributed by atoms with Crippen molar-refractivity contribution in [3.8, 4) is 0 Å². The Morgan fingerprint density at radius 3 is 2.90 bits per heavy atom. The molecule has 6 heteroatoms. The summed E-state index contributed by atoms with van der Waals surface area (Å²) in [6.45, 7) is 5.11. The molecule has 2 aromatic rings. The Kier molecular flexibility index (Phi) is 5.58. The molecule has 0 amide bonds. The average molecular weight is 324 g/mol. The SMILES string of the molecule is CSC(C)CCn1c(SCC(=O)O)nc2cc(C)ccc21. The number of thioether (sulfide) groups is 2. The first kappa shape index (κ1) is 16.2. The summed E-state index contributed by atoms with van der Waals surface area (Å²) in [6, 6.07) is 6.20. The number of hydrogen-bond acceptors (Lipinski definition) is 4. The number of imidazole rings is 1. The number of aryl methyl sites for hydroxylation is 2. The molecule has 1 N–H and O–H groups in total. The number of rotatable bonds is 7. The molecule has 4 nitrogen and oxygen atoms in total. The van der Waals surface area contributed by atoms with Gasteiger partial charge in [-0.3, -0.25) is 4.79 Å². The van der Waals surface area contributed by atoms with E-state index in [1.165, 1.54) is 17.3 Å². The Bertz CT molecular complexity index is 640. The molecule has 21 heavy (non-hydrogen) atoms. The highest BCUT2D eigenvalue weighted by atomic mass is 32.2. The fraction of sp³-hybridized carbons (Fsp3) is 0.467. The van der Waals surface area contributed by atoms with Gasteiger partial charge in [-0.15, -0.1) is 0 Å². The number of aromatic nitrogens is 2. The van der Waals surface area contributed by atoms with Crippen LogP contribution in [0.3, 0.4) is 0 Å². The maximum absolute atomic E-state index is 10.8. The highest BCUT2D eigenvalue weighted by molar-refractivity contribution is 7.99. The van der Waals surface area contributed by atoms with Gasteiger partial charge in [0, 0.05) is 11.8 Å². The zero-order chi connectivity index (χ0) is 15.4. The minimum absolute atomic E-state index is 0.0420. The van der Waals surface area contributed by atoms with Gasteiger partial charge in [-0.1, -0.05) is 24.8 Å². The molecule has 1 aromatic carbocycles. The summed E-state index contributed by atoms with van der Waals surface area (Å²) in [5, 5.41) is 10.3. The molecule has 1 unspecified atom stereocenters. The van der Waals surface area contributed by atoms with E-state index in [9.17, 15) is 4.79 Å². The van der Waals surface area contributed by atoms with Crippen molar-refractivity contribution in [2.45, 2.75) is 37.2 Å². The van der Waals surface area contributed by atoms with Gasteiger partial charge in [0.2, 0.25) is 0 Å². The molecule has 0 radical (unpaired) electrons. The van der Waals surface area contributed by atoms with Crippen LogP contribution in [-0.4, -0.2) is 37.9 Å². The molecule has 0 aliphatic rings. The van der Waals surface area contributed by atoms with Crippen LogP contribution in [-0.2, 0) is 11.3 Å². The number of carboxylic acids is 1. The fourth-order valence-corrected chi connectivity index (χ4v) is 3.20. The number of aliphatic carboxylic acids is 1. The van der Waals surface area contributed by atoms with E-state index in [2.05, 4.69) is 40.9 Å².